The summed E-state index contributed by atoms with van der Waals surface area (Å²) in [6.07, 6.45) is 0. The van der Waals surface area contributed by atoms with Crippen molar-refractivity contribution in [1.82, 2.24) is 0 Å². The van der Waals surface area contributed by atoms with Crippen molar-refractivity contribution in [3.05, 3.63) is 56.6 Å². The lowest BCUT2D eigenvalue weighted by Gasteiger charge is -2.10. The molecule has 0 aliphatic rings. The minimum absolute atomic E-state index is 0.0703. The van der Waals surface area contributed by atoms with Crippen molar-refractivity contribution >= 4 is 40.3 Å². The van der Waals surface area contributed by atoms with Crippen LogP contribution in [0.4, 0.5) is 17.1 Å². The Labute approximate surface area is 125 Å². The van der Waals surface area contributed by atoms with Gasteiger partial charge in [-0.25, -0.2) is 0 Å². The van der Waals surface area contributed by atoms with Crippen LogP contribution in [0.15, 0.2) is 36.4 Å². The van der Waals surface area contributed by atoms with Gasteiger partial charge >= 0.3 is 5.69 Å². The van der Waals surface area contributed by atoms with Crippen LogP contribution < -0.4 is 10.1 Å². The fourth-order valence-electron chi connectivity index (χ4n) is 1.69. The standard InChI is InChI=1S/C13H10Cl2N2O3/c1-20-12-7-8(5-6-9(12)14)16-11-4-2-3-10(15)13(11)17(18)19/h2-7,16H,1H3. The zero-order chi connectivity index (χ0) is 14.7. The molecular weight excluding hydrogens is 303 g/mol. The Morgan fingerprint density at radius 2 is 1.95 bits per heavy atom. The Balaban J connectivity index is 2.40. The number of para-hydroxylation sites is 1. The topological polar surface area (TPSA) is 64.4 Å². The van der Waals surface area contributed by atoms with Gasteiger partial charge in [0.2, 0.25) is 0 Å². The average Bonchev–Trinajstić information content (AvgIpc) is 2.40. The number of ether oxygens (including phenoxy) is 1. The number of methoxy groups -OCH3 is 1. The molecule has 5 nitrogen and oxygen atoms in total. The molecule has 0 amide bonds. The summed E-state index contributed by atoms with van der Waals surface area (Å²) >= 11 is 11.8. The highest BCUT2D eigenvalue weighted by molar-refractivity contribution is 6.33. The van der Waals surface area contributed by atoms with Crippen molar-refractivity contribution in [3.63, 3.8) is 0 Å². The van der Waals surface area contributed by atoms with E-state index in [0.717, 1.165) is 0 Å². The van der Waals surface area contributed by atoms with E-state index in [-0.39, 0.29) is 10.7 Å². The van der Waals surface area contributed by atoms with Crippen LogP contribution in [-0.2, 0) is 0 Å². The molecule has 0 heterocycles. The summed E-state index contributed by atoms with van der Waals surface area (Å²) in [6.45, 7) is 0. The van der Waals surface area contributed by atoms with Crippen LogP contribution in [0.25, 0.3) is 0 Å². The third kappa shape index (κ3) is 2.95. The SMILES string of the molecule is COc1cc(Nc2cccc(Cl)c2[N+](=O)[O-])ccc1Cl. The Kier molecular flexibility index (Phi) is 4.32. The smallest absolute Gasteiger partial charge is 0.311 e. The molecule has 0 aliphatic heterocycles. The summed E-state index contributed by atoms with van der Waals surface area (Å²) in [5.41, 5.74) is 0.728. The van der Waals surface area contributed by atoms with Crippen molar-refractivity contribution in [2.24, 2.45) is 0 Å². The third-order valence-corrected chi connectivity index (χ3v) is 3.22. The van der Waals surface area contributed by atoms with Crippen molar-refractivity contribution < 1.29 is 9.66 Å². The Morgan fingerprint density at radius 3 is 2.60 bits per heavy atom. The summed E-state index contributed by atoms with van der Waals surface area (Å²) < 4.78 is 5.09. The van der Waals surface area contributed by atoms with Gasteiger partial charge in [-0.3, -0.25) is 10.1 Å². The Bertz CT molecular complexity index is 662. The summed E-state index contributed by atoms with van der Waals surface area (Å²) in [7, 11) is 1.49. The molecule has 2 aromatic carbocycles. The molecule has 7 heteroatoms. The van der Waals surface area contributed by atoms with Crippen molar-refractivity contribution in [1.29, 1.82) is 0 Å². The van der Waals surface area contributed by atoms with Crippen molar-refractivity contribution in [3.8, 4) is 5.75 Å². The summed E-state index contributed by atoms with van der Waals surface area (Å²) in [6, 6.07) is 9.64. The van der Waals surface area contributed by atoms with Crippen LogP contribution in [0.1, 0.15) is 0 Å². The maximum absolute atomic E-state index is 11.0. The maximum atomic E-state index is 11.0. The molecule has 0 aliphatic carbocycles. The summed E-state index contributed by atoms with van der Waals surface area (Å²) in [5, 5.41) is 14.5. The van der Waals surface area contributed by atoms with E-state index in [9.17, 15) is 10.1 Å². The fourth-order valence-corrected chi connectivity index (χ4v) is 2.13. The molecule has 0 spiro atoms. The average molecular weight is 313 g/mol. The molecular formula is C13H10Cl2N2O3. The Morgan fingerprint density at radius 1 is 1.20 bits per heavy atom. The second kappa shape index (κ2) is 5.98. The van der Waals surface area contributed by atoms with E-state index in [1.54, 1.807) is 30.3 Å². The first-order valence-electron chi connectivity index (χ1n) is 5.56. The van der Waals surface area contributed by atoms with Gasteiger partial charge in [0, 0.05) is 11.8 Å². The van der Waals surface area contributed by atoms with E-state index < -0.39 is 4.92 Å². The lowest BCUT2D eigenvalue weighted by Crippen LogP contribution is -1.98. The minimum atomic E-state index is -0.530. The number of hydrogen-bond acceptors (Lipinski definition) is 4. The first kappa shape index (κ1) is 14.4. The van der Waals surface area contributed by atoms with Gasteiger partial charge in [0.25, 0.3) is 0 Å². The minimum Gasteiger partial charge on any atom is -0.495 e. The molecule has 0 fully saturated rings. The third-order valence-electron chi connectivity index (χ3n) is 2.60. The normalized spacial score (nSPS) is 10.2. The molecule has 0 unspecified atom stereocenters. The quantitative estimate of drug-likeness (QED) is 0.659. The lowest BCUT2D eigenvalue weighted by atomic mass is 10.2. The molecule has 0 bridgehead atoms. The predicted molar refractivity (Wildman–Crippen MR) is 79.4 cm³/mol. The largest absolute Gasteiger partial charge is 0.495 e. The molecule has 1 N–H and O–H groups in total. The number of halogens is 2. The molecule has 0 atom stereocenters. The number of benzene rings is 2. The van der Waals surface area contributed by atoms with Gasteiger partial charge < -0.3 is 10.1 Å². The second-order valence-corrected chi connectivity index (χ2v) is 4.68. The van der Waals surface area contributed by atoms with Crippen LogP contribution >= 0.6 is 23.2 Å². The van der Waals surface area contributed by atoms with Gasteiger partial charge in [0.05, 0.1) is 17.1 Å². The number of nitro groups is 1. The maximum Gasteiger partial charge on any atom is 0.311 e. The van der Waals surface area contributed by atoms with Crippen LogP contribution in [0.5, 0.6) is 5.75 Å². The highest BCUT2D eigenvalue weighted by atomic mass is 35.5. The van der Waals surface area contributed by atoms with Gasteiger partial charge in [-0.1, -0.05) is 29.3 Å². The van der Waals surface area contributed by atoms with Crippen molar-refractivity contribution in [2.45, 2.75) is 0 Å². The first-order chi connectivity index (χ1) is 9.52. The second-order valence-electron chi connectivity index (χ2n) is 3.87. The number of nitro benzene ring substituents is 1. The van der Waals surface area contributed by atoms with E-state index in [0.29, 0.717) is 22.1 Å². The number of nitrogens with zero attached hydrogens (tertiary/aromatic N) is 1. The van der Waals surface area contributed by atoms with E-state index >= 15 is 0 Å². The monoisotopic (exact) mass is 312 g/mol. The highest BCUT2D eigenvalue weighted by Crippen LogP contribution is 2.35. The van der Waals surface area contributed by atoms with Gasteiger partial charge in [0.15, 0.2) is 0 Å². The molecule has 0 radical (unpaired) electrons. The van der Waals surface area contributed by atoms with E-state index in [2.05, 4.69) is 5.32 Å². The van der Waals surface area contributed by atoms with Crippen LogP contribution in [-0.4, -0.2) is 12.0 Å². The zero-order valence-electron chi connectivity index (χ0n) is 10.4. The zero-order valence-corrected chi connectivity index (χ0v) is 11.9. The predicted octanol–water partition coefficient (Wildman–Crippen LogP) is 4.65. The molecule has 2 rings (SSSR count). The number of rotatable bonds is 4. The number of hydrogen-bond donors (Lipinski definition) is 1. The first-order valence-corrected chi connectivity index (χ1v) is 6.32. The molecule has 0 aromatic heterocycles. The molecule has 2 aromatic rings. The van der Waals surface area contributed by atoms with Gasteiger partial charge in [-0.15, -0.1) is 0 Å². The lowest BCUT2D eigenvalue weighted by molar-refractivity contribution is -0.383. The van der Waals surface area contributed by atoms with Gasteiger partial charge in [0.1, 0.15) is 16.5 Å². The molecule has 104 valence electrons. The number of anilines is 2. The molecule has 0 saturated carbocycles. The van der Waals surface area contributed by atoms with Crippen LogP contribution in [0.3, 0.4) is 0 Å². The fraction of sp³-hybridized carbons (Fsp3) is 0.0769. The van der Waals surface area contributed by atoms with Gasteiger partial charge in [-0.05, 0) is 24.3 Å². The Hall–Kier alpha value is -1.98. The van der Waals surface area contributed by atoms with E-state index in [1.165, 1.54) is 13.2 Å². The van der Waals surface area contributed by atoms with Crippen molar-refractivity contribution in [2.75, 3.05) is 12.4 Å². The summed E-state index contributed by atoms with van der Waals surface area (Å²) in [4.78, 5) is 10.5. The molecule has 0 saturated heterocycles. The molecule has 20 heavy (non-hydrogen) atoms. The van der Waals surface area contributed by atoms with Crippen LogP contribution in [0.2, 0.25) is 10.0 Å². The van der Waals surface area contributed by atoms with Gasteiger partial charge in [-0.2, -0.15) is 0 Å². The highest BCUT2D eigenvalue weighted by Gasteiger charge is 2.18. The van der Waals surface area contributed by atoms with E-state index in [4.69, 9.17) is 27.9 Å². The van der Waals surface area contributed by atoms with E-state index in [1.807, 2.05) is 0 Å². The summed E-state index contributed by atoms with van der Waals surface area (Å²) in [5.74, 6) is 0.473. The number of nitrogens with one attached hydrogen (secondary N) is 1. The van der Waals surface area contributed by atoms with Crippen LogP contribution in [0, 0.1) is 10.1 Å².